The second-order valence-electron chi connectivity index (χ2n) is 4.94. The van der Waals surface area contributed by atoms with Gasteiger partial charge in [0, 0.05) is 5.56 Å². The molecule has 2 rings (SSSR count). The number of para-hydroxylation sites is 2. The van der Waals surface area contributed by atoms with E-state index in [0.29, 0.717) is 18.0 Å². The molecule has 1 amide bonds. The molecule has 0 radical (unpaired) electrons. The van der Waals surface area contributed by atoms with Gasteiger partial charge in [0.2, 0.25) is 10.0 Å². The topological polar surface area (TPSA) is 84.5 Å². The van der Waals surface area contributed by atoms with E-state index < -0.39 is 15.9 Å². The standard InChI is InChI=1S/C18H18N2O4S/c1-3-12-19-25(22,23)15-9-7-8-14(13-15)18(21)20-16-10-5-6-11-17(16)24-4-2/h1,5-11,13,19H,4,12H2,2H3,(H,20,21). The molecule has 2 aromatic rings. The van der Waals surface area contributed by atoms with Crippen LogP contribution in [0.5, 0.6) is 5.75 Å². The van der Waals surface area contributed by atoms with Gasteiger partial charge in [-0.25, -0.2) is 8.42 Å². The van der Waals surface area contributed by atoms with Crippen LogP contribution in [0.2, 0.25) is 0 Å². The van der Waals surface area contributed by atoms with Crippen LogP contribution < -0.4 is 14.8 Å². The zero-order valence-corrected chi connectivity index (χ0v) is 14.5. The summed E-state index contributed by atoms with van der Waals surface area (Å²) in [6.07, 6.45) is 5.06. The van der Waals surface area contributed by atoms with E-state index in [4.69, 9.17) is 11.2 Å². The smallest absolute Gasteiger partial charge is 0.255 e. The van der Waals surface area contributed by atoms with E-state index in [2.05, 4.69) is 16.0 Å². The van der Waals surface area contributed by atoms with Crippen LogP contribution in [0, 0.1) is 12.3 Å². The lowest BCUT2D eigenvalue weighted by molar-refractivity contribution is 0.102. The fraction of sp³-hybridized carbons (Fsp3) is 0.167. The minimum atomic E-state index is -3.77. The predicted octanol–water partition coefficient (Wildman–Crippen LogP) is 2.25. The molecule has 0 saturated heterocycles. The maximum absolute atomic E-state index is 12.4. The molecule has 2 aromatic carbocycles. The fourth-order valence-electron chi connectivity index (χ4n) is 2.07. The molecule has 0 fully saturated rings. The fourth-order valence-corrected chi connectivity index (χ4v) is 3.05. The number of nitrogens with one attached hydrogen (secondary N) is 2. The third-order valence-corrected chi connectivity index (χ3v) is 4.60. The van der Waals surface area contributed by atoms with E-state index in [1.54, 1.807) is 24.3 Å². The number of terminal acetylenes is 1. The summed E-state index contributed by atoms with van der Waals surface area (Å²) in [4.78, 5) is 12.4. The zero-order chi connectivity index (χ0) is 18.3. The number of ether oxygens (including phenoxy) is 1. The molecule has 0 aromatic heterocycles. The predicted molar refractivity (Wildman–Crippen MR) is 96.0 cm³/mol. The summed E-state index contributed by atoms with van der Waals surface area (Å²) in [5, 5.41) is 2.72. The molecule has 0 unspecified atom stereocenters. The average Bonchev–Trinajstić information content (AvgIpc) is 2.62. The second kappa shape index (κ2) is 8.33. The third-order valence-electron chi connectivity index (χ3n) is 3.21. The number of rotatable bonds is 7. The summed E-state index contributed by atoms with van der Waals surface area (Å²) < 4.78 is 31.9. The Kier molecular flexibility index (Phi) is 6.17. The Morgan fingerprint density at radius 3 is 2.68 bits per heavy atom. The quantitative estimate of drug-likeness (QED) is 0.744. The monoisotopic (exact) mass is 358 g/mol. The van der Waals surface area contributed by atoms with Crippen LogP contribution in [0.25, 0.3) is 0 Å². The van der Waals surface area contributed by atoms with Crippen LogP contribution in [-0.4, -0.2) is 27.5 Å². The highest BCUT2D eigenvalue weighted by molar-refractivity contribution is 7.89. The summed E-state index contributed by atoms with van der Waals surface area (Å²) in [5.41, 5.74) is 0.711. The van der Waals surface area contributed by atoms with Crippen LogP contribution in [0.1, 0.15) is 17.3 Å². The molecular weight excluding hydrogens is 340 g/mol. The average molecular weight is 358 g/mol. The van der Waals surface area contributed by atoms with Crippen molar-refractivity contribution in [3.8, 4) is 18.1 Å². The summed E-state index contributed by atoms with van der Waals surface area (Å²) in [6.45, 7) is 2.18. The molecule has 0 heterocycles. The van der Waals surface area contributed by atoms with Crippen molar-refractivity contribution in [2.24, 2.45) is 0 Å². The van der Waals surface area contributed by atoms with E-state index in [0.717, 1.165) is 0 Å². The lowest BCUT2D eigenvalue weighted by Crippen LogP contribution is -2.24. The first-order chi connectivity index (χ1) is 12.0. The molecule has 2 N–H and O–H groups in total. The van der Waals surface area contributed by atoms with E-state index in [1.165, 1.54) is 24.3 Å². The zero-order valence-electron chi connectivity index (χ0n) is 13.7. The highest BCUT2D eigenvalue weighted by atomic mass is 32.2. The minimum Gasteiger partial charge on any atom is -0.492 e. The molecule has 0 saturated carbocycles. The van der Waals surface area contributed by atoms with Gasteiger partial charge in [-0.15, -0.1) is 6.42 Å². The number of carbonyl (C=O) groups is 1. The van der Waals surface area contributed by atoms with Crippen molar-refractivity contribution in [2.75, 3.05) is 18.5 Å². The van der Waals surface area contributed by atoms with Gasteiger partial charge in [-0.1, -0.05) is 24.1 Å². The highest BCUT2D eigenvalue weighted by Crippen LogP contribution is 2.24. The molecule has 7 heteroatoms. The molecule has 0 aliphatic heterocycles. The molecule has 0 spiro atoms. The third kappa shape index (κ3) is 4.83. The van der Waals surface area contributed by atoms with E-state index >= 15 is 0 Å². The van der Waals surface area contributed by atoms with Gasteiger partial charge in [-0.2, -0.15) is 4.72 Å². The Morgan fingerprint density at radius 1 is 1.20 bits per heavy atom. The van der Waals surface area contributed by atoms with Crippen molar-refractivity contribution < 1.29 is 17.9 Å². The lowest BCUT2D eigenvalue weighted by atomic mass is 10.2. The first-order valence-corrected chi connectivity index (χ1v) is 9.02. The summed E-state index contributed by atoms with van der Waals surface area (Å²) in [7, 11) is -3.77. The molecular formula is C18H18N2O4S. The summed E-state index contributed by atoms with van der Waals surface area (Å²) in [6, 6.07) is 12.7. The molecule has 130 valence electrons. The van der Waals surface area contributed by atoms with E-state index in [9.17, 15) is 13.2 Å². The van der Waals surface area contributed by atoms with Gasteiger partial charge in [0.05, 0.1) is 23.7 Å². The van der Waals surface area contributed by atoms with Crippen LogP contribution >= 0.6 is 0 Å². The number of hydrogen-bond donors (Lipinski definition) is 2. The number of anilines is 1. The normalized spacial score (nSPS) is 10.7. The largest absolute Gasteiger partial charge is 0.492 e. The molecule has 6 nitrogen and oxygen atoms in total. The Bertz CT molecular complexity index is 901. The number of hydrogen-bond acceptors (Lipinski definition) is 4. The van der Waals surface area contributed by atoms with Gasteiger partial charge in [-0.3, -0.25) is 4.79 Å². The molecule has 0 bridgehead atoms. The number of sulfonamides is 1. The lowest BCUT2D eigenvalue weighted by Gasteiger charge is -2.12. The molecule has 0 aliphatic carbocycles. The number of benzene rings is 2. The van der Waals surface area contributed by atoms with Gasteiger partial charge < -0.3 is 10.1 Å². The second-order valence-corrected chi connectivity index (χ2v) is 6.71. The van der Waals surface area contributed by atoms with Crippen LogP contribution in [-0.2, 0) is 10.0 Å². The van der Waals surface area contributed by atoms with Crippen LogP contribution in [0.4, 0.5) is 5.69 Å². The van der Waals surface area contributed by atoms with Crippen molar-refractivity contribution in [3.63, 3.8) is 0 Å². The van der Waals surface area contributed by atoms with Crippen LogP contribution in [0.3, 0.4) is 0 Å². The van der Waals surface area contributed by atoms with Crippen molar-refractivity contribution in [3.05, 3.63) is 54.1 Å². The van der Waals surface area contributed by atoms with Gasteiger partial charge in [0.25, 0.3) is 5.91 Å². The SMILES string of the molecule is C#CCNS(=O)(=O)c1cccc(C(=O)Nc2ccccc2OCC)c1. The molecule has 0 aliphatic rings. The summed E-state index contributed by atoms with van der Waals surface area (Å²) in [5.74, 6) is 2.29. The minimum absolute atomic E-state index is 0.0338. The van der Waals surface area contributed by atoms with Crippen LogP contribution in [0.15, 0.2) is 53.4 Å². The maximum atomic E-state index is 12.4. The van der Waals surface area contributed by atoms with Crippen molar-refractivity contribution in [1.82, 2.24) is 4.72 Å². The van der Waals surface area contributed by atoms with E-state index in [1.807, 2.05) is 6.92 Å². The van der Waals surface area contributed by atoms with Crippen molar-refractivity contribution in [1.29, 1.82) is 0 Å². The van der Waals surface area contributed by atoms with Crippen molar-refractivity contribution in [2.45, 2.75) is 11.8 Å². The first-order valence-electron chi connectivity index (χ1n) is 7.54. The molecule has 25 heavy (non-hydrogen) atoms. The Labute approximate surface area is 147 Å². The van der Waals surface area contributed by atoms with Gasteiger partial charge in [0.1, 0.15) is 5.75 Å². The highest BCUT2D eigenvalue weighted by Gasteiger charge is 2.16. The Morgan fingerprint density at radius 2 is 1.96 bits per heavy atom. The molecule has 0 atom stereocenters. The van der Waals surface area contributed by atoms with Gasteiger partial charge >= 0.3 is 0 Å². The van der Waals surface area contributed by atoms with Gasteiger partial charge in [-0.05, 0) is 37.3 Å². The first kappa shape index (κ1) is 18.5. The maximum Gasteiger partial charge on any atom is 0.255 e. The van der Waals surface area contributed by atoms with E-state index in [-0.39, 0.29) is 17.0 Å². The summed E-state index contributed by atoms with van der Waals surface area (Å²) >= 11 is 0. The Hall–Kier alpha value is -2.82. The number of amides is 1. The van der Waals surface area contributed by atoms with Gasteiger partial charge in [0.15, 0.2) is 0 Å². The number of carbonyl (C=O) groups excluding carboxylic acids is 1. The Balaban J connectivity index is 2.24. The van der Waals surface area contributed by atoms with Crippen molar-refractivity contribution >= 4 is 21.6 Å².